The molecule has 1 saturated heterocycles. The highest BCUT2D eigenvalue weighted by Crippen LogP contribution is 2.25. The van der Waals surface area contributed by atoms with E-state index in [9.17, 15) is 4.79 Å². The van der Waals surface area contributed by atoms with Crippen LogP contribution in [0.3, 0.4) is 0 Å². The average Bonchev–Trinajstić information content (AvgIpc) is 2.73. The zero-order valence-corrected chi connectivity index (χ0v) is 14.8. The van der Waals surface area contributed by atoms with Crippen LogP contribution in [-0.2, 0) is 0 Å². The second kappa shape index (κ2) is 7.34. The molecule has 2 heterocycles. The number of urea groups is 1. The van der Waals surface area contributed by atoms with Crippen LogP contribution in [0.2, 0.25) is 0 Å². The molecule has 6 heteroatoms. The Morgan fingerprint density at radius 3 is 2.63 bits per heavy atom. The van der Waals surface area contributed by atoms with Gasteiger partial charge < -0.3 is 15.1 Å². The maximum atomic E-state index is 12.5. The molecule has 0 unspecified atom stereocenters. The Hall–Kier alpha value is -3.59. The van der Waals surface area contributed by atoms with E-state index in [0.717, 1.165) is 29.7 Å². The van der Waals surface area contributed by atoms with E-state index in [1.807, 2.05) is 18.3 Å². The van der Waals surface area contributed by atoms with Gasteiger partial charge in [0.05, 0.1) is 22.8 Å². The number of hydrogen-bond donors (Lipinski definition) is 1. The van der Waals surface area contributed by atoms with Crippen molar-refractivity contribution in [3.63, 3.8) is 0 Å². The maximum Gasteiger partial charge on any atom is 0.321 e. The number of hydrogen-bond acceptors (Lipinski definition) is 4. The third-order valence-electron chi connectivity index (χ3n) is 4.76. The van der Waals surface area contributed by atoms with Crippen molar-refractivity contribution in [3.8, 4) is 6.07 Å². The Kier molecular flexibility index (Phi) is 4.58. The Balaban J connectivity index is 1.42. The van der Waals surface area contributed by atoms with Crippen molar-refractivity contribution >= 4 is 28.3 Å². The first-order valence-corrected chi connectivity index (χ1v) is 8.89. The molecule has 4 rings (SSSR count). The Labute approximate surface area is 157 Å². The summed E-state index contributed by atoms with van der Waals surface area (Å²) in [5.74, 6) is 0. The molecule has 0 aliphatic carbocycles. The highest BCUT2D eigenvalue weighted by molar-refractivity contribution is 5.91. The lowest BCUT2D eigenvalue weighted by molar-refractivity contribution is 0.208. The average molecular weight is 357 g/mol. The Morgan fingerprint density at radius 2 is 1.81 bits per heavy atom. The second-order valence-electron chi connectivity index (χ2n) is 6.45. The van der Waals surface area contributed by atoms with Gasteiger partial charge in [-0.2, -0.15) is 5.26 Å². The summed E-state index contributed by atoms with van der Waals surface area (Å²) in [5.41, 5.74) is 3.27. The number of para-hydroxylation sites is 1. The second-order valence-corrected chi connectivity index (χ2v) is 6.45. The zero-order chi connectivity index (χ0) is 18.6. The summed E-state index contributed by atoms with van der Waals surface area (Å²) in [5, 5.41) is 13.0. The molecule has 1 fully saturated rings. The lowest BCUT2D eigenvalue weighted by Crippen LogP contribution is -2.50. The number of benzene rings is 2. The first-order chi connectivity index (χ1) is 13.2. The number of nitrogens with zero attached hydrogens (tertiary/aromatic N) is 4. The number of pyridine rings is 1. The van der Waals surface area contributed by atoms with Crippen molar-refractivity contribution in [1.29, 1.82) is 5.26 Å². The molecule has 0 spiro atoms. The number of fused-ring (bicyclic) bond motifs is 1. The lowest BCUT2D eigenvalue weighted by Gasteiger charge is -2.36. The number of anilines is 2. The van der Waals surface area contributed by atoms with Crippen molar-refractivity contribution in [2.75, 3.05) is 36.4 Å². The van der Waals surface area contributed by atoms with Crippen LogP contribution in [0.1, 0.15) is 5.56 Å². The largest absolute Gasteiger partial charge is 0.366 e. The molecule has 1 aromatic heterocycles. The van der Waals surface area contributed by atoms with Gasteiger partial charge in [0.15, 0.2) is 0 Å². The molecule has 0 bridgehead atoms. The molecule has 0 radical (unpaired) electrons. The van der Waals surface area contributed by atoms with Crippen LogP contribution in [0.15, 0.2) is 60.8 Å². The van der Waals surface area contributed by atoms with Gasteiger partial charge in [-0.1, -0.05) is 24.3 Å². The summed E-state index contributed by atoms with van der Waals surface area (Å²) in [7, 11) is 0. The first-order valence-electron chi connectivity index (χ1n) is 8.89. The summed E-state index contributed by atoms with van der Waals surface area (Å²) >= 11 is 0. The van der Waals surface area contributed by atoms with Gasteiger partial charge in [0.1, 0.15) is 0 Å². The van der Waals surface area contributed by atoms with E-state index in [1.54, 1.807) is 29.2 Å². The van der Waals surface area contributed by atoms with Gasteiger partial charge in [0.25, 0.3) is 0 Å². The third kappa shape index (κ3) is 3.53. The van der Waals surface area contributed by atoms with Gasteiger partial charge in [-0.25, -0.2) is 4.79 Å². The van der Waals surface area contributed by atoms with Gasteiger partial charge in [-0.05, 0) is 30.3 Å². The van der Waals surface area contributed by atoms with E-state index >= 15 is 0 Å². The number of amides is 2. The normalized spacial score (nSPS) is 14.0. The highest BCUT2D eigenvalue weighted by Gasteiger charge is 2.22. The maximum absolute atomic E-state index is 12.5. The molecular weight excluding hydrogens is 338 g/mol. The van der Waals surface area contributed by atoms with Crippen LogP contribution >= 0.6 is 0 Å². The molecule has 2 aromatic carbocycles. The van der Waals surface area contributed by atoms with Gasteiger partial charge in [-0.3, -0.25) is 4.98 Å². The number of nitrogens with one attached hydrogen (secondary N) is 1. The summed E-state index contributed by atoms with van der Waals surface area (Å²) in [6, 6.07) is 19.1. The number of piperazine rings is 1. The summed E-state index contributed by atoms with van der Waals surface area (Å²) in [6.45, 7) is 2.77. The van der Waals surface area contributed by atoms with Crippen molar-refractivity contribution in [3.05, 3.63) is 66.4 Å². The van der Waals surface area contributed by atoms with E-state index in [0.29, 0.717) is 24.3 Å². The summed E-state index contributed by atoms with van der Waals surface area (Å²) in [6.07, 6.45) is 1.81. The van der Waals surface area contributed by atoms with E-state index in [1.165, 1.54) is 0 Å². The molecule has 1 aliphatic heterocycles. The van der Waals surface area contributed by atoms with Gasteiger partial charge in [0, 0.05) is 43.4 Å². The minimum absolute atomic E-state index is 0.138. The number of rotatable bonds is 2. The van der Waals surface area contributed by atoms with E-state index < -0.39 is 0 Å². The molecular formula is C21H19N5O. The number of carbonyl (C=O) groups is 1. The fourth-order valence-corrected chi connectivity index (χ4v) is 3.36. The number of aromatic nitrogens is 1. The quantitative estimate of drug-likeness (QED) is 0.762. The molecule has 6 nitrogen and oxygen atoms in total. The van der Waals surface area contributed by atoms with E-state index in [-0.39, 0.29) is 6.03 Å². The molecule has 0 saturated carbocycles. The van der Waals surface area contributed by atoms with Crippen LogP contribution in [-0.4, -0.2) is 42.1 Å². The molecule has 27 heavy (non-hydrogen) atoms. The summed E-state index contributed by atoms with van der Waals surface area (Å²) < 4.78 is 0. The fraction of sp³-hybridized carbons (Fsp3) is 0.190. The van der Waals surface area contributed by atoms with Gasteiger partial charge in [-0.15, -0.1) is 0 Å². The van der Waals surface area contributed by atoms with Crippen LogP contribution in [0, 0.1) is 11.3 Å². The number of nitriles is 1. The molecule has 1 aliphatic rings. The van der Waals surface area contributed by atoms with Crippen LogP contribution in [0.4, 0.5) is 16.2 Å². The topological polar surface area (TPSA) is 72.3 Å². The molecule has 2 amide bonds. The van der Waals surface area contributed by atoms with E-state index in [2.05, 4.69) is 39.5 Å². The molecule has 3 aromatic rings. The van der Waals surface area contributed by atoms with Crippen molar-refractivity contribution in [2.24, 2.45) is 0 Å². The van der Waals surface area contributed by atoms with Crippen molar-refractivity contribution in [1.82, 2.24) is 9.88 Å². The minimum Gasteiger partial charge on any atom is -0.366 e. The SMILES string of the molecule is N#Cc1cccc(NC(=O)N2CCN(c3cccc4cccnc34)CC2)c1. The fourth-order valence-electron chi connectivity index (χ4n) is 3.36. The monoisotopic (exact) mass is 357 g/mol. The minimum atomic E-state index is -0.138. The third-order valence-corrected chi connectivity index (χ3v) is 4.76. The van der Waals surface area contributed by atoms with Crippen LogP contribution < -0.4 is 10.2 Å². The van der Waals surface area contributed by atoms with E-state index in [4.69, 9.17) is 5.26 Å². The molecule has 134 valence electrons. The Bertz CT molecular complexity index is 1010. The van der Waals surface area contributed by atoms with Crippen LogP contribution in [0.5, 0.6) is 0 Å². The van der Waals surface area contributed by atoms with Crippen molar-refractivity contribution < 1.29 is 4.79 Å². The standard InChI is InChI=1S/C21H19N5O/c22-15-16-4-1-7-18(14-16)24-21(27)26-12-10-25(11-13-26)19-8-2-5-17-6-3-9-23-20(17)19/h1-9,14H,10-13H2,(H,24,27). The van der Waals surface area contributed by atoms with Crippen molar-refractivity contribution in [2.45, 2.75) is 0 Å². The molecule has 1 N–H and O–H groups in total. The van der Waals surface area contributed by atoms with Crippen LogP contribution in [0.25, 0.3) is 10.9 Å². The predicted molar refractivity (Wildman–Crippen MR) is 106 cm³/mol. The van der Waals surface area contributed by atoms with Gasteiger partial charge in [0.2, 0.25) is 0 Å². The summed E-state index contributed by atoms with van der Waals surface area (Å²) in [4.78, 5) is 21.1. The lowest BCUT2D eigenvalue weighted by atomic mass is 10.1. The zero-order valence-electron chi connectivity index (χ0n) is 14.8. The van der Waals surface area contributed by atoms with Gasteiger partial charge >= 0.3 is 6.03 Å². The number of carbonyl (C=O) groups excluding carboxylic acids is 1. The molecule has 0 atom stereocenters. The Morgan fingerprint density at radius 1 is 1.04 bits per heavy atom. The first kappa shape index (κ1) is 16.9. The predicted octanol–water partition coefficient (Wildman–Crippen LogP) is 3.46. The highest BCUT2D eigenvalue weighted by atomic mass is 16.2. The smallest absolute Gasteiger partial charge is 0.321 e.